The Bertz CT molecular complexity index is 1730. The number of fused-ring (bicyclic) bond motifs is 2. The number of aryl methyl sites for hydroxylation is 2. The van der Waals surface area contributed by atoms with Crippen LogP contribution in [0.25, 0.3) is 0 Å². The first-order chi connectivity index (χ1) is 30.8. The van der Waals surface area contributed by atoms with E-state index in [2.05, 4.69) is 24.5 Å². The molecule has 6 N–H and O–H groups in total. The second kappa shape index (κ2) is 30.3. The third-order valence-electron chi connectivity index (χ3n) is 11.9. The molecule has 2 aliphatic rings. The molecule has 0 aliphatic carbocycles. The number of benzene rings is 2. The molecule has 0 radical (unpaired) electrons. The number of carbonyl (C=O) groups is 4. The molecule has 0 fully saturated rings. The normalized spacial score (nSPS) is 22.2. The Morgan fingerprint density at radius 3 is 1.73 bits per heavy atom. The van der Waals surface area contributed by atoms with Crippen molar-refractivity contribution in [3.63, 3.8) is 0 Å². The van der Waals surface area contributed by atoms with Crippen LogP contribution in [0.15, 0.2) is 48.7 Å². The van der Waals surface area contributed by atoms with E-state index in [0.29, 0.717) is 58.3 Å². The monoisotopic (exact) mass is 897 g/mol. The number of aromatic hydroxyl groups is 2. The van der Waals surface area contributed by atoms with Gasteiger partial charge in [0.25, 0.3) is 0 Å². The zero-order valence-corrected chi connectivity index (χ0v) is 38.7. The molecule has 6 atom stereocenters. The molecule has 2 aromatic carbocycles. The molecule has 0 unspecified atom stereocenters. The van der Waals surface area contributed by atoms with Crippen LogP contribution < -0.4 is 10.6 Å². The number of esters is 2. The molecule has 0 saturated carbocycles. The lowest BCUT2D eigenvalue weighted by molar-refractivity contribution is 0.00106. The number of cyclic esters (lactones) is 2. The molecule has 14 nitrogen and oxygen atoms in total. The van der Waals surface area contributed by atoms with Crippen molar-refractivity contribution in [2.45, 2.75) is 174 Å². The summed E-state index contributed by atoms with van der Waals surface area (Å²) in [6, 6.07) is 10.1. The highest BCUT2D eigenvalue weighted by Crippen LogP contribution is 2.30. The van der Waals surface area contributed by atoms with Crippen LogP contribution in [-0.2, 0) is 31.8 Å². The second-order valence-corrected chi connectivity index (χ2v) is 17.3. The third kappa shape index (κ3) is 19.9. The van der Waals surface area contributed by atoms with Gasteiger partial charge >= 0.3 is 24.1 Å². The zero-order valence-electron chi connectivity index (χ0n) is 38.7. The number of phenolic OH excluding ortho intramolecular Hbond substituents is 2. The molecular formula is C50H76N2O12. The summed E-state index contributed by atoms with van der Waals surface area (Å²) in [4.78, 5) is 49.2. The maximum Gasteiger partial charge on any atom is 0.411 e. The molecule has 64 heavy (non-hydrogen) atoms. The van der Waals surface area contributed by atoms with E-state index in [9.17, 15) is 39.6 Å². The van der Waals surface area contributed by atoms with Crippen molar-refractivity contribution < 1.29 is 58.6 Å². The van der Waals surface area contributed by atoms with Crippen LogP contribution >= 0.6 is 0 Å². The number of phenols is 2. The van der Waals surface area contributed by atoms with Crippen molar-refractivity contribution in [1.82, 2.24) is 10.6 Å². The molecule has 2 heterocycles. The average Bonchev–Trinajstić information content (AvgIpc) is 3.26. The van der Waals surface area contributed by atoms with Gasteiger partial charge in [-0.1, -0.05) is 96.6 Å². The minimum absolute atomic E-state index is 0.0790. The Balaban J connectivity index is 0.000000340. The number of hydrogen-bond acceptors (Lipinski definition) is 12. The molecule has 14 heteroatoms. The summed E-state index contributed by atoms with van der Waals surface area (Å²) in [5.74, 6) is -1.15. The fraction of sp³-hybridized carbons (Fsp3) is 0.640. The number of amides is 2. The lowest BCUT2D eigenvalue weighted by Crippen LogP contribution is -2.30. The smallest absolute Gasteiger partial charge is 0.411 e. The molecule has 0 saturated heterocycles. The Kier molecular flexibility index (Phi) is 25.4. The summed E-state index contributed by atoms with van der Waals surface area (Å²) >= 11 is 0. The fourth-order valence-electron chi connectivity index (χ4n) is 7.84. The third-order valence-corrected chi connectivity index (χ3v) is 11.9. The summed E-state index contributed by atoms with van der Waals surface area (Å²) < 4.78 is 21.6. The van der Waals surface area contributed by atoms with Crippen LogP contribution in [0.2, 0.25) is 0 Å². The highest BCUT2D eigenvalue weighted by Gasteiger charge is 2.28. The number of aliphatic hydroxyl groups excluding tert-OH is 2. The van der Waals surface area contributed by atoms with Crippen molar-refractivity contribution in [2.75, 3.05) is 19.8 Å². The number of nitrogens with one attached hydrogen (secondary N) is 2. The van der Waals surface area contributed by atoms with Crippen LogP contribution in [0.4, 0.5) is 9.59 Å². The molecule has 0 bridgehead atoms. The van der Waals surface area contributed by atoms with E-state index >= 15 is 0 Å². The van der Waals surface area contributed by atoms with Gasteiger partial charge < -0.3 is 44.7 Å². The summed E-state index contributed by atoms with van der Waals surface area (Å²) in [5, 5.41) is 47.0. The van der Waals surface area contributed by atoms with Gasteiger partial charge in [-0.2, -0.15) is 0 Å². The molecule has 2 aliphatic heterocycles. The predicted molar refractivity (Wildman–Crippen MR) is 245 cm³/mol. The maximum atomic E-state index is 12.9. The van der Waals surface area contributed by atoms with E-state index in [1.54, 1.807) is 18.2 Å². The fourth-order valence-corrected chi connectivity index (χ4v) is 7.84. The van der Waals surface area contributed by atoms with Crippen LogP contribution in [0, 0.1) is 11.8 Å². The van der Waals surface area contributed by atoms with Gasteiger partial charge in [-0.05, 0) is 99.3 Å². The first kappa shape index (κ1) is 53.5. The van der Waals surface area contributed by atoms with Crippen molar-refractivity contribution >= 4 is 24.1 Å². The van der Waals surface area contributed by atoms with Crippen molar-refractivity contribution in [2.24, 2.45) is 11.8 Å². The largest absolute Gasteiger partial charge is 0.507 e. The number of carbonyl (C=O) groups excluding carboxylic acids is 4. The quantitative estimate of drug-likeness (QED) is 0.0561. The van der Waals surface area contributed by atoms with Gasteiger partial charge in [0.2, 0.25) is 0 Å². The highest BCUT2D eigenvalue weighted by molar-refractivity contribution is 5.94. The summed E-state index contributed by atoms with van der Waals surface area (Å²) in [6.45, 7) is 9.37. The van der Waals surface area contributed by atoms with Gasteiger partial charge in [-0.3, -0.25) is 5.32 Å². The number of unbranched alkanes of at least 4 members (excludes halogenated alkanes) is 4. The van der Waals surface area contributed by atoms with Crippen LogP contribution in [-0.4, -0.2) is 88.7 Å². The Morgan fingerprint density at radius 1 is 0.703 bits per heavy atom. The zero-order chi connectivity index (χ0) is 46.7. The van der Waals surface area contributed by atoms with E-state index in [1.807, 2.05) is 26.0 Å². The van der Waals surface area contributed by atoms with E-state index in [1.165, 1.54) is 18.3 Å². The molecule has 4 rings (SSSR count). The molecule has 0 spiro atoms. The first-order valence-electron chi connectivity index (χ1n) is 23.7. The predicted octanol–water partition coefficient (Wildman–Crippen LogP) is 9.58. The van der Waals surface area contributed by atoms with Crippen LogP contribution in [0.5, 0.6) is 11.5 Å². The van der Waals surface area contributed by atoms with Crippen molar-refractivity contribution in [1.29, 1.82) is 0 Å². The summed E-state index contributed by atoms with van der Waals surface area (Å²) in [5.41, 5.74) is 1.97. The van der Waals surface area contributed by atoms with Gasteiger partial charge in [-0.15, -0.1) is 0 Å². The van der Waals surface area contributed by atoms with Gasteiger partial charge in [0.05, 0.1) is 25.4 Å². The lowest BCUT2D eigenvalue weighted by atomic mass is 9.91. The Hall–Kier alpha value is -4.82. The molecule has 0 aromatic heterocycles. The number of hydrogen-bond donors (Lipinski definition) is 6. The minimum Gasteiger partial charge on any atom is -0.507 e. The standard InChI is InChI=1S/C25H39NO6.C25H37NO6/c2*1-3-4-7-16-31-25(30)26-15-9-13-20-17-22(28)18(2)10-5-6-11-19-12-8-14-21(27)23(19)24(29)32-20/h8,12,14,18,20,22,27-28H,3-7,9-11,13,15-17H2,1-2H3,(H,26,30);8-9,12,14-15,18,20,22,27-28H,3-7,10-11,13,16-17H2,1-2H3,(H,26,30)/b;15-9+/t2*18-,20-,22+/m00/s1. The van der Waals surface area contributed by atoms with Gasteiger partial charge in [0, 0.05) is 32.0 Å². The maximum absolute atomic E-state index is 12.9. The number of alkyl carbamates (subject to hydrolysis) is 2. The Labute approximate surface area is 380 Å². The van der Waals surface area contributed by atoms with E-state index in [-0.39, 0.29) is 40.9 Å². The molecule has 2 aromatic rings. The van der Waals surface area contributed by atoms with Crippen LogP contribution in [0.1, 0.15) is 169 Å². The topological polar surface area (TPSA) is 210 Å². The molecular weight excluding hydrogens is 821 g/mol. The number of ether oxygens (including phenoxy) is 4. The van der Waals surface area contributed by atoms with Gasteiger partial charge in [0.1, 0.15) is 34.8 Å². The minimum atomic E-state index is -0.610. The van der Waals surface area contributed by atoms with E-state index in [0.717, 1.165) is 88.2 Å². The Morgan fingerprint density at radius 2 is 1.20 bits per heavy atom. The van der Waals surface area contributed by atoms with Gasteiger partial charge in [0.15, 0.2) is 0 Å². The number of aliphatic hydroxyl groups is 2. The molecule has 2 amide bonds. The van der Waals surface area contributed by atoms with E-state index in [4.69, 9.17) is 18.9 Å². The average molecular weight is 897 g/mol. The van der Waals surface area contributed by atoms with Crippen molar-refractivity contribution in [3.05, 3.63) is 70.9 Å². The van der Waals surface area contributed by atoms with E-state index < -0.39 is 48.5 Å². The summed E-state index contributed by atoms with van der Waals surface area (Å²) in [6.07, 6.45) is 14.5. The first-order valence-corrected chi connectivity index (χ1v) is 23.7. The van der Waals surface area contributed by atoms with Crippen LogP contribution in [0.3, 0.4) is 0 Å². The van der Waals surface area contributed by atoms with Crippen molar-refractivity contribution in [3.8, 4) is 11.5 Å². The lowest BCUT2D eigenvalue weighted by Gasteiger charge is -2.26. The highest BCUT2D eigenvalue weighted by atomic mass is 16.6. The second-order valence-electron chi connectivity index (χ2n) is 17.3. The molecule has 358 valence electrons. The SMILES string of the molecule is CCCCCOC(=O)N/C=C/C[C@H]1C[C@@H](O)[C@@H](C)CCCCc2cccc(O)c2C(=O)O1.CCCCCOC(=O)NCCC[C@H]1C[C@@H](O)[C@@H](C)CCCCc2cccc(O)c2C(=O)O1. The van der Waals surface area contributed by atoms with Gasteiger partial charge in [-0.25, -0.2) is 19.2 Å². The number of rotatable bonds is 15. The summed E-state index contributed by atoms with van der Waals surface area (Å²) in [7, 11) is 0.